The van der Waals surface area contributed by atoms with Gasteiger partial charge in [0, 0.05) is 31.9 Å². The van der Waals surface area contributed by atoms with Gasteiger partial charge in [-0.05, 0) is 58.4 Å². The van der Waals surface area contributed by atoms with Crippen LogP contribution in [-0.4, -0.2) is 39.4 Å². The number of benzene rings is 1. The second kappa shape index (κ2) is 9.81. The molecule has 5 nitrogen and oxygen atoms in total. The number of aryl methyl sites for hydroxylation is 1. The number of hydrogen-bond donors (Lipinski definition) is 2. The second-order valence-electron chi connectivity index (χ2n) is 7.25. The molecule has 2 N–H and O–H groups in total. The highest BCUT2D eigenvalue weighted by Crippen LogP contribution is 2.49. The van der Waals surface area contributed by atoms with Crippen molar-refractivity contribution in [3.05, 3.63) is 29.3 Å². The third-order valence-electron chi connectivity index (χ3n) is 5.06. The molecule has 2 rings (SSSR count). The van der Waals surface area contributed by atoms with E-state index < -0.39 is 0 Å². The fraction of sp³-hybridized carbons (Fsp3) is 0.667. The van der Waals surface area contributed by atoms with Gasteiger partial charge in [0.2, 0.25) is 0 Å². The molecule has 1 unspecified atom stereocenters. The van der Waals surface area contributed by atoms with Crippen LogP contribution in [0.2, 0.25) is 0 Å². The van der Waals surface area contributed by atoms with E-state index in [1.165, 1.54) is 18.4 Å². The average molecular weight is 362 g/mol. The Morgan fingerprint density at radius 1 is 1.31 bits per heavy atom. The van der Waals surface area contributed by atoms with E-state index in [2.05, 4.69) is 43.5 Å². The Labute approximate surface area is 158 Å². The van der Waals surface area contributed by atoms with Crippen LogP contribution in [0.25, 0.3) is 0 Å². The third kappa shape index (κ3) is 5.90. The molecular weight excluding hydrogens is 326 g/mol. The summed E-state index contributed by atoms with van der Waals surface area (Å²) in [5.74, 6) is 1.77. The van der Waals surface area contributed by atoms with Crippen LogP contribution in [0.4, 0.5) is 0 Å². The molecule has 5 heteroatoms. The summed E-state index contributed by atoms with van der Waals surface area (Å²) in [6.07, 6.45) is 3.61. The topological polar surface area (TPSA) is 54.9 Å². The van der Waals surface area contributed by atoms with Crippen LogP contribution in [0.15, 0.2) is 23.2 Å². The van der Waals surface area contributed by atoms with Crippen molar-refractivity contribution in [1.29, 1.82) is 0 Å². The summed E-state index contributed by atoms with van der Waals surface area (Å²) in [4.78, 5) is 4.87. The van der Waals surface area contributed by atoms with Crippen LogP contribution in [0.3, 0.4) is 0 Å². The SMILES string of the molecule is CCNC(=NCC1(CCOCC)CC1)NC(C)c1cc(C)ccc1OC. The van der Waals surface area contributed by atoms with Crippen LogP contribution in [0, 0.1) is 12.3 Å². The Balaban J connectivity index is 2.02. The molecule has 1 fully saturated rings. The van der Waals surface area contributed by atoms with E-state index in [9.17, 15) is 0 Å². The summed E-state index contributed by atoms with van der Waals surface area (Å²) in [6, 6.07) is 6.38. The molecule has 1 atom stereocenters. The molecule has 1 aliphatic rings. The van der Waals surface area contributed by atoms with Gasteiger partial charge in [-0.3, -0.25) is 4.99 Å². The van der Waals surface area contributed by atoms with Crippen LogP contribution < -0.4 is 15.4 Å². The number of rotatable bonds is 10. The summed E-state index contributed by atoms with van der Waals surface area (Å²) in [5.41, 5.74) is 2.72. The zero-order valence-electron chi connectivity index (χ0n) is 17.0. The smallest absolute Gasteiger partial charge is 0.191 e. The van der Waals surface area contributed by atoms with Crippen molar-refractivity contribution in [3.8, 4) is 5.75 Å². The second-order valence-corrected chi connectivity index (χ2v) is 7.25. The lowest BCUT2D eigenvalue weighted by molar-refractivity contribution is 0.129. The third-order valence-corrected chi connectivity index (χ3v) is 5.06. The maximum atomic E-state index is 5.53. The van der Waals surface area contributed by atoms with Crippen molar-refractivity contribution in [2.45, 2.75) is 53.0 Å². The van der Waals surface area contributed by atoms with E-state index >= 15 is 0 Å². The number of methoxy groups -OCH3 is 1. The predicted octanol–water partition coefficient (Wildman–Crippen LogP) is 3.83. The molecule has 26 heavy (non-hydrogen) atoms. The minimum atomic E-state index is 0.112. The maximum Gasteiger partial charge on any atom is 0.191 e. The van der Waals surface area contributed by atoms with Gasteiger partial charge in [-0.15, -0.1) is 0 Å². The lowest BCUT2D eigenvalue weighted by atomic mass is 10.0. The molecule has 0 amide bonds. The number of guanidine groups is 1. The van der Waals surface area contributed by atoms with Crippen LogP contribution in [0.1, 0.15) is 57.2 Å². The summed E-state index contributed by atoms with van der Waals surface area (Å²) in [7, 11) is 1.72. The van der Waals surface area contributed by atoms with E-state index in [4.69, 9.17) is 14.5 Å². The van der Waals surface area contributed by atoms with Crippen LogP contribution in [-0.2, 0) is 4.74 Å². The van der Waals surface area contributed by atoms with Gasteiger partial charge in [0.05, 0.1) is 13.2 Å². The standard InChI is InChI=1S/C21H35N3O2/c1-6-22-20(23-15-21(10-11-21)12-13-26-7-2)24-17(4)18-14-16(3)8-9-19(18)25-5/h8-9,14,17H,6-7,10-13,15H2,1-5H3,(H2,22,23,24). The van der Waals surface area contributed by atoms with Gasteiger partial charge >= 0.3 is 0 Å². The zero-order chi connectivity index (χ0) is 19.0. The lowest BCUT2D eigenvalue weighted by Crippen LogP contribution is -2.39. The van der Waals surface area contributed by atoms with Gasteiger partial charge in [-0.1, -0.05) is 17.7 Å². The number of nitrogens with one attached hydrogen (secondary N) is 2. The molecule has 0 aliphatic heterocycles. The maximum absolute atomic E-state index is 5.53. The molecular formula is C21H35N3O2. The Hall–Kier alpha value is -1.75. The largest absolute Gasteiger partial charge is 0.496 e. The van der Waals surface area contributed by atoms with Crippen LogP contribution in [0.5, 0.6) is 5.75 Å². The number of nitrogens with zero attached hydrogens (tertiary/aromatic N) is 1. The summed E-state index contributed by atoms with van der Waals surface area (Å²) >= 11 is 0. The first-order valence-corrected chi connectivity index (χ1v) is 9.80. The Morgan fingerprint density at radius 3 is 2.69 bits per heavy atom. The van der Waals surface area contributed by atoms with Crippen molar-refractivity contribution < 1.29 is 9.47 Å². The van der Waals surface area contributed by atoms with Crippen molar-refractivity contribution in [2.75, 3.05) is 33.4 Å². The van der Waals surface area contributed by atoms with Gasteiger partial charge in [0.25, 0.3) is 0 Å². The molecule has 1 aromatic rings. The Kier molecular flexibility index (Phi) is 7.76. The average Bonchev–Trinajstić information content (AvgIpc) is 3.40. The lowest BCUT2D eigenvalue weighted by Gasteiger charge is -2.21. The molecule has 0 saturated heterocycles. The molecule has 0 spiro atoms. The molecule has 0 radical (unpaired) electrons. The van der Waals surface area contributed by atoms with Gasteiger partial charge in [-0.2, -0.15) is 0 Å². The van der Waals surface area contributed by atoms with Gasteiger partial charge in [-0.25, -0.2) is 0 Å². The van der Waals surface area contributed by atoms with E-state index in [1.807, 2.05) is 13.0 Å². The molecule has 1 aromatic carbocycles. The highest BCUT2D eigenvalue weighted by atomic mass is 16.5. The highest BCUT2D eigenvalue weighted by molar-refractivity contribution is 5.80. The Morgan fingerprint density at radius 2 is 2.08 bits per heavy atom. The molecule has 1 saturated carbocycles. The Bertz CT molecular complexity index is 597. The summed E-state index contributed by atoms with van der Waals surface area (Å²) < 4.78 is 11.1. The summed E-state index contributed by atoms with van der Waals surface area (Å²) in [5, 5.41) is 6.90. The first-order chi connectivity index (χ1) is 12.5. The normalized spacial score (nSPS) is 16.9. The van der Waals surface area contributed by atoms with Crippen molar-refractivity contribution >= 4 is 5.96 Å². The van der Waals surface area contributed by atoms with E-state index in [0.29, 0.717) is 5.41 Å². The van der Waals surface area contributed by atoms with Gasteiger partial charge in [0.15, 0.2) is 5.96 Å². The number of hydrogen-bond acceptors (Lipinski definition) is 3. The molecule has 0 aromatic heterocycles. The first kappa shape index (κ1) is 20.6. The molecule has 0 heterocycles. The molecule has 1 aliphatic carbocycles. The van der Waals surface area contributed by atoms with E-state index in [-0.39, 0.29) is 6.04 Å². The highest BCUT2D eigenvalue weighted by Gasteiger charge is 2.41. The van der Waals surface area contributed by atoms with Crippen molar-refractivity contribution in [2.24, 2.45) is 10.4 Å². The number of ether oxygens (including phenoxy) is 2. The van der Waals surface area contributed by atoms with Gasteiger partial charge in [0.1, 0.15) is 5.75 Å². The van der Waals surface area contributed by atoms with Crippen molar-refractivity contribution in [1.82, 2.24) is 10.6 Å². The van der Waals surface area contributed by atoms with Crippen molar-refractivity contribution in [3.63, 3.8) is 0 Å². The minimum Gasteiger partial charge on any atom is -0.496 e. The quantitative estimate of drug-likeness (QED) is 0.378. The first-order valence-electron chi connectivity index (χ1n) is 9.80. The monoisotopic (exact) mass is 361 g/mol. The van der Waals surface area contributed by atoms with E-state index in [1.54, 1.807) is 7.11 Å². The molecule has 146 valence electrons. The van der Waals surface area contributed by atoms with Crippen LogP contribution >= 0.6 is 0 Å². The fourth-order valence-electron chi connectivity index (χ4n) is 3.14. The molecule has 0 bridgehead atoms. The van der Waals surface area contributed by atoms with E-state index in [0.717, 1.165) is 50.0 Å². The fourth-order valence-corrected chi connectivity index (χ4v) is 3.14. The number of aliphatic imine (C=N–C) groups is 1. The zero-order valence-corrected chi connectivity index (χ0v) is 17.0. The minimum absolute atomic E-state index is 0.112. The summed E-state index contributed by atoms with van der Waals surface area (Å²) in [6.45, 7) is 11.7. The predicted molar refractivity (Wildman–Crippen MR) is 108 cm³/mol. The van der Waals surface area contributed by atoms with Gasteiger partial charge < -0.3 is 20.1 Å².